The summed E-state index contributed by atoms with van der Waals surface area (Å²) < 4.78 is 6.69. The van der Waals surface area contributed by atoms with Gasteiger partial charge in [-0.25, -0.2) is 4.98 Å². The zero-order valence-electron chi connectivity index (χ0n) is 17.2. The van der Waals surface area contributed by atoms with Crippen LogP contribution in [0.3, 0.4) is 0 Å². The summed E-state index contributed by atoms with van der Waals surface area (Å²) in [5.74, 6) is 0.616. The highest BCUT2D eigenvalue weighted by molar-refractivity contribution is 6.42. The molecule has 1 aromatic heterocycles. The Balaban J connectivity index is 0.000000549. The molecule has 166 valence electrons. The number of carbonyl (C=O) groups excluding carboxylic acids is 3. The molecular weight excluding hydrogens is 465 g/mol. The van der Waals surface area contributed by atoms with E-state index in [1.165, 1.54) is 0 Å². The number of aromatic nitrogens is 2. The Labute approximate surface area is 195 Å². The molecule has 0 saturated carbocycles. The van der Waals surface area contributed by atoms with E-state index in [0.717, 1.165) is 22.0 Å². The van der Waals surface area contributed by atoms with Crippen molar-refractivity contribution in [3.05, 3.63) is 75.2 Å². The Bertz CT molecular complexity index is 978. The monoisotopic (exact) mass is 485 g/mol. The van der Waals surface area contributed by atoms with E-state index in [1.807, 2.05) is 38.7 Å². The van der Waals surface area contributed by atoms with Crippen molar-refractivity contribution in [2.45, 2.75) is 6.92 Å². The summed E-state index contributed by atoms with van der Waals surface area (Å²) in [4.78, 5) is 31.3. The maximum absolute atomic E-state index is 11.3. The summed E-state index contributed by atoms with van der Waals surface area (Å²) >= 11 is 17.5. The molecule has 1 amide bonds. The van der Waals surface area contributed by atoms with Crippen molar-refractivity contribution in [3.8, 4) is 11.4 Å². The highest BCUT2D eigenvalue weighted by Gasteiger charge is 2.08. The molecule has 0 atom stereocenters. The number of halogens is 3. The van der Waals surface area contributed by atoms with Crippen LogP contribution in [0, 0.1) is 6.92 Å². The molecule has 0 radical (unpaired) electrons. The maximum Gasteiger partial charge on any atom is 0.271 e. The van der Waals surface area contributed by atoms with Gasteiger partial charge in [-0.15, -0.1) is 0 Å². The van der Waals surface area contributed by atoms with E-state index in [9.17, 15) is 4.79 Å². The molecule has 31 heavy (non-hydrogen) atoms. The first-order valence-electron chi connectivity index (χ1n) is 8.45. The molecule has 0 unspecified atom stereocenters. The van der Waals surface area contributed by atoms with Crippen molar-refractivity contribution in [2.75, 3.05) is 14.2 Å². The van der Waals surface area contributed by atoms with E-state index in [0.29, 0.717) is 15.7 Å². The molecule has 0 bridgehead atoms. The van der Waals surface area contributed by atoms with Crippen LogP contribution in [0.1, 0.15) is 16.1 Å². The van der Waals surface area contributed by atoms with Gasteiger partial charge >= 0.3 is 0 Å². The second kappa shape index (κ2) is 15.0. The van der Waals surface area contributed by atoms with Crippen LogP contribution in [0.25, 0.3) is 5.69 Å². The lowest BCUT2D eigenvalue weighted by atomic mass is 10.2. The van der Waals surface area contributed by atoms with Crippen molar-refractivity contribution < 1.29 is 19.1 Å². The lowest BCUT2D eigenvalue weighted by Gasteiger charge is -2.03. The minimum atomic E-state index is -0.233. The zero-order valence-corrected chi connectivity index (χ0v) is 19.5. The van der Waals surface area contributed by atoms with Crippen LogP contribution >= 0.6 is 34.8 Å². The van der Waals surface area contributed by atoms with E-state index in [4.69, 9.17) is 49.1 Å². The van der Waals surface area contributed by atoms with Gasteiger partial charge in [-0.1, -0.05) is 34.8 Å². The number of imidazole rings is 1. The van der Waals surface area contributed by atoms with Crippen molar-refractivity contribution in [3.63, 3.8) is 0 Å². The molecule has 1 heterocycles. The van der Waals surface area contributed by atoms with Crippen LogP contribution in [0.5, 0.6) is 5.75 Å². The Hall–Kier alpha value is -2.87. The molecule has 7 nitrogen and oxygen atoms in total. The normalized spacial score (nSPS) is 8.97. The molecule has 0 fully saturated rings. The summed E-state index contributed by atoms with van der Waals surface area (Å²) in [5, 5.41) is 4.23. The van der Waals surface area contributed by atoms with Crippen LogP contribution in [-0.2, 0) is 9.59 Å². The third kappa shape index (κ3) is 8.80. The third-order valence-electron chi connectivity index (χ3n) is 3.61. The highest BCUT2D eigenvalue weighted by Crippen LogP contribution is 2.24. The standard InChI is InChI=1S/C11H9Cl2N3O.C8H9ClO.2CH2O/c1-14-11(17)10-5-16(6-15-10)7-2-3-8(12)9(13)4-7;1-6-5-7(10-2)3-4-8(6)9;2*1-2/h2-6H,1H3,(H,14,17);3-5H,1-2H3;2*1H2. The molecule has 0 aliphatic rings. The smallest absolute Gasteiger partial charge is 0.271 e. The first kappa shape index (κ1) is 28.1. The lowest BCUT2D eigenvalue weighted by molar-refractivity contribution is -0.0987. The summed E-state index contributed by atoms with van der Waals surface area (Å²) in [5.41, 5.74) is 2.18. The van der Waals surface area contributed by atoms with Crippen LogP contribution in [-0.4, -0.2) is 43.2 Å². The van der Waals surface area contributed by atoms with Gasteiger partial charge in [0.2, 0.25) is 0 Å². The van der Waals surface area contributed by atoms with Gasteiger partial charge in [0, 0.05) is 24.0 Å². The van der Waals surface area contributed by atoms with Crippen molar-refractivity contribution in [1.82, 2.24) is 14.9 Å². The Morgan fingerprint density at radius 2 is 1.61 bits per heavy atom. The number of methoxy groups -OCH3 is 1. The number of nitrogens with one attached hydrogen (secondary N) is 1. The second-order valence-electron chi connectivity index (χ2n) is 5.46. The fourth-order valence-electron chi connectivity index (χ4n) is 2.10. The fourth-order valence-corrected chi connectivity index (χ4v) is 2.51. The molecule has 3 aromatic rings. The summed E-state index contributed by atoms with van der Waals surface area (Å²) in [7, 11) is 3.20. The van der Waals surface area contributed by atoms with E-state index in [2.05, 4.69) is 10.3 Å². The molecular formula is C21H22Cl3N3O4. The Morgan fingerprint density at radius 1 is 1.00 bits per heavy atom. The number of amides is 1. The number of aryl methyl sites for hydroxylation is 1. The molecule has 0 saturated heterocycles. The van der Waals surface area contributed by atoms with Crippen LogP contribution < -0.4 is 10.1 Å². The minimum Gasteiger partial charge on any atom is -0.497 e. The van der Waals surface area contributed by atoms with Gasteiger partial charge in [0.1, 0.15) is 31.3 Å². The fraction of sp³-hybridized carbons (Fsp3) is 0.143. The van der Waals surface area contributed by atoms with Gasteiger partial charge in [0.25, 0.3) is 5.91 Å². The maximum atomic E-state index is 11.3. The number of hydrogen-bond acceptors (Lipinski definition) is 5. The molecule has 10 heteroatoms. The van der Waals surface area contributed by atoms with E-state index in [1.54, 1.807) is 49.4 Å². The SMILES string of the molecule is C=O.C=O.CNC(=O)c1cn(-c2ccc(Cl)c(Cl)c2)cn1.COc1ccc(Cl)c(C)c1. The van der Waals surface area contributed by atoms with Gasteiger partial charge in [0.15, 0.2) is 0 Å². The van der Waals surface area contributed by atoms with Gasteiger partial charge in [-0.2, -0.15) is 0 Å². The Morgan fingerprint density at radius 3 is 2.13 bits per heavy atom. The van der Waals surface area contributed by atoms with Gasteiger partial charge < -0.3 is 24.2 Å². The molecule has 0 spiro atoms. The summed E-state index contributed by atoms with van der Waals surface area (Å²) in [6.07, 6.45) is 3.17. The molecule has 1 N–H and O–H groups in total. The van der Waals surface area contributed by atoms with Gasteiger partial charge in [-0.3, -0.25) is 4.79 Å². The topological polar surface area (TPSA) is 90.3 Å². The number of benzene rings is 2. The average molecular weight is 487 g/mol. The van der Waals surface area contributed by atoms with Crippen molar-refractivity contribution in [2.24, 2.45) is 0 Å². The third-order valence-corrected chi connectivity index (χ3v) is 4.77. The highest BCUT2D eigenvalue weighted by atomic mass is 35.5. The van der Waals surface area contributed by atoms with Gasteiger partial charge in [-0.05, 0) is 48.9 Å². The predicted octanol–water partition coefficient (Wildman–Crippen LogP) is 4.83. The first-order chi connectivity index (χ1) is 14.8. The van der Waals surface area contributed by atoms with E-state index < -0.39 is 0 Å². The largest absolute Gasteiger partial charge is 0.497 e. The molecule has 3 rings (SSSR count). The quantitative estimate of drug-likeness (QED) is 0.573. The predicted molar refractivity (Wildman–Crippen MR) is 124 cm³/mol. The molecule has 0 aliphatic heterocycles. The zero-order chi connectivity index (χ0) is 24.0. The van der Waals surface area contributed by atoms with Crippen LogP contribution in [0.2, 0.25) is 15.1 Å². The van der Waals surface area contributed by atoms with Crippen LogP contribution in [0.4, 0.5) is 0 Å². The van der Waals surface area contributed by atoms with Crippen LogP contribution in [0.15, 0.2) is 48.9 Å². The molecule has 2 aromatic carbocycles. The Kier molecular flexibility index (Phi) is 13.6. The number of hydrogen-bond donors (Lipinski definition) is 1. The number of ether oxygens (including phenoxy) is 1. The van der Waals surface area contributed by atoms with E-state index >= 15 is 0 Å². The van der Waals surface area contributed by atoms with Gasteiger partial charge in [0.05, 0.1) is 17.2 Å². The molecule has 0 aliphatic carbocycles. The number of carbonyl (C=O) groups is 3. The lowest BCUT2D eigenvalue weighted by Crippen LogP contribution is -2.17. The second-order valence-corrected chi connectivity index (χ2v) is 6.68. The van der Waals surface area contributed by atoms with E-state index in [-0.39, 0.29) is 5.91 Å². The van der Waals surface area contributed by atoms with Crippen molar-refractivity contribution in [1.29, 1.82) is 0 Å². The van der Waals surface area contributed by atoms with Crippen molar-refractivity contribution >= 4 is 54.3 Å². The minimum absolute atomic E-state index is 0.233. The average Bonchev–Trinajstić information content (AvgIpc) is 3.30. The first-order valence-corrected chi connectivity index (χ1v) is 9.58. The number of nitrogens with zero attached hydrogens (tertiary/aromatic N) is 2. The number of rotatable bonds is 3. The summed E-state index contributed by atoms with van der Waals surface area (Å²) in [6.45, 7) is 5.95. The summed E-state index contributed by atoms with van der Waals surface area (Å²) in [6, 6.07) is 10.8.